The number of carbonyl (C=O) groups is 2. The van der Waals surface area contributed by atoms with Crippen molar-refractivity contribution >= 4 is 45.1 Å². The van der Waals surface area contributed by atoms with E-state index in [4.69, 9.17) is 9.47 Å². The number of nitrogens with zero attached hydrogens (tertiary/aromatic N) is 6. The molecule has 1 aliphatic rings. The second kappa shape index (κ2) is 11.0. The standard InChI is InChI=1S/C24H30BrN7O6/c1-24(2,3)38-23(35)31-8-6-13(7-9-31)14-10-16(36-4)15(26-11-14)12-32-18-17(19(25)30-32)27-21(28-20(18)33)29-22(34)37-5/h10-11,13H,6-9,12H2,1-5H3,(H2,27,28,29,33,34). The van der Waals surface area contributed by atoms with Crippen molar-refractivity contribution in [2.45, 2.75) is 51.7 Å². The van der Waals surface area contributed by atoms with Crippen molar-refractivity contribution in [3.8, 4) is 11.6 Å². The van der Waals surface area contributed by atoms with Crippen LogP contribution < -0.4 is 10.1 Å². The molecule has 3 aromatic heterocycles. The lowest BCUT2D eigenvalue weighted by molar-refractivity contribution is 0.0204. The van der Waals surface area contributed by atoms with Crippen LogP contribution in [0.15, 0.2) is 16.9 Å². The summed E-state index contributed by atoms with van der Waals surface area (Å²) in [5.74, 6) is 0.301. The van der Waals surface area contributed by atoms with Gasteiger partial charge in [0.25, 0.3) is 0 Å². The molecule has 204 valence electrons. The molecule has 0 unspecified atom stereocenters. The van der Waals surface area contributed by atoms with Gasteiger partial charge in [0.2, 0.25) is 11.8 Å². The van der Waals surface area contributed by atoms with E-state index in [9.17, 15) is 14.7 Å². The predicted molar refractivity (Wildman–Crippen MR) is 140 cm³/mol. The highest BCUT2D eigenvalue weighted by atomic mass is 79.9. The van der Waals surface area contributed by atoms with Crippen LogP contribution in [0.2, 0.25) is 0 Å². The number of carbonyl (C=O) groups excluding carboxylic acids is 2. The van der Waals surface area contributed by atoms with Gasteiger partial charge in [0.05, 0.1) is 20.8 Å². The van der Waals surface area contributed by atoms with E-state index in [1.807, 2.05) is 26.8 Å². The van der Waals surface area contributed by atoms with Gasteiger partial charge in [0, 0.05) is 19.3 Å². The maximum atomic E-state index is 12.4. The van der Waals surface area contributed by atoms with E-state index in [2.05, 4.69) is 46.0 Å². The lowest BCUT2D eigenvalue weighted by Crippen LogP contribution is -2.41. The molecule has 3 aromatic rings. The summed E-state index contributed by atoms with van der Waals surface area (Å²) in [6, 6.07) is 1.95. The lowest BCUT2D eigenvalue weighted by atomic mass is 9.90. The minimum absolute atomic E-state index is 0.125. The Hall–Kier alpha value is -3.68. The average molecular weight is 592 g/mol. The molecule has 0 spiro atoms. The highest BCUT2D eigenvalue weighted by molar-refractivity contribution is 9.10. The number of rotatable bonds is 5. The number of hydrogen-bond donors (Lipinski definition) is 2. The van der Waals surface area contributed by atoms with Crippen LogP contribution in [0.25, 0.3) is 11.0 Å². The zero-order valence-corrected chi connectivity index (χ0v) is 23.4. The third-order valence-corrected chi connectivity index (χ3v) is 6.55. The fourth-order valence-electron chi connectivity index (χ4n) is 4.21. The normalized spacial score (nSPS) is 14.4. The highest BCUT2D eigenvalue weighted by Gasteiger charge is 2.28. The summed E-state index contributed by atoms with van der Waals surface area (Å²) in [6.45, 7) is 6.94. The first kappa shape index (κ1) is 27.4. The Bertz CT molecular complexity index is 1350. The summed E-state index contributed by atoms with van der Waals surface area (Å²) in [7, 11) is 2.78. The SMILES string of the molecule is COC(=O)Nc1nc(O)c2c(n1)c(Br)nn2Cc1ncc(C2CCN(C(=O)OC(C)(C)C)CC2)cc1OC. The minimum Gasteiger partial charge on any atom is -0.495 e. The Balaban J connectivity index is 1.51. The molecular weight excluding hydrogens is 562 g/mol. The number of ether oxygens (including phenoxy) is 3. The second-order valence-corrected chi connectivity index (χ2v) is 10.5. The summed E-state index contributed by atoms with van der Waals surface area (Å²) in [5.41, 5.74) is 1.65. The number of piperidine rings is 1. The van der Waals surface area contributed by atoms with Gasteiger partial charge in [-0.2, -0.15) is 10.1 Å². The number of pyridine rings is 1. The number of halogens is 1. The zero-order chi connectivity index (χ0) is 27.6. The molecule has 4 heterocycles. The summed E-state index contributed by atoms with van der Waals surface area (Å²) in [4.78, 5) is 38.4. The molecule has 38 heavy (non-hydrogen) atoms. The fourth-order valence-corrected chi connectivity index (χ4v) is 4.68. The Morgan fingerprint density at radius 3 is 2.55 bits per heavy atom. The monoisotopic (exact) mass is 591 g/mol. The fraction of sp³-hybridized carbons (Fsp3) is 0.500. The molecule has 0 atom stereocenters. The first-order valence-electron chi connectivity index (χ1n) is 12.0. The lowest BCUT2D eigenvalue weighted by Gasteiger charge is -2.33. The Kier molecular flexibility index (Phi) is 7.90. The van der Waals surface area contributed by atoms with Gasteiger partial charge < -0.3 is 24.2 Å². The van der Waals surface area contributed by atoms with Crippen molar-refractivity contribution in [3.05, 3.63) is 28.1 Å². The molecule has 1 saturated heterocycles. The molecule has 0 aliphatic carbocycles. The van der Waals surface area contributed by atoms with Gasteiger partial charge in [0.1, 0.15) is 22.6 Å². The second-order valence-electron chi connectivity index (χ2n) is 9.79. The van der Waals surface area contributed by atoms with Crippen LogP contribution in [0.5, 0.6) is 11.6 Å². The van der Waals surface area contributed by atoms with E-state index in [0.717, 1.165) is 18.4 Å². The van der Waals surface area contributed by atoms with E-state index in [1.54, 1.807) is 18.2 Å². The highest BCUT2D eigenvalue weighted by Crippen LogP contribution is 2.33. The Morgan fingerprint density at radius 2 is 1.92 bits per heavy atom. The van der Waals surface area contributed by atoms with Crippen LogP contribution in [0.4, 0.5) is 15.5 Å². The number of aromatic nitrogens is 5. The van der Waals surface area contributed by atoms with Gasteiger partial charge in [-0.05, 0) is 67.1 Å². The van der Waals surface area contributed by atoms with Crippen molar-refractivity contribution in [2.24, 2.45) is 0 Å². The van der Waals surface area contributed by atoms with Gasteiger partial charge in [-0.3, -0.25) is 15.0 Å². The molecule has 2 N–H and O–H groups in total. The molecule has 1 fully saturated rings. The quantitative estimate of drug-likeness (QED) is 0.444. The van der Waals surface area contributed by atoms with Crippen molar-refractivity contribution in [3.63, 3.8) is 0 Å². The summed E-state index contributed by atoms with van der Waals surface area (Å²) >= 11 is 3.35. The molecule has 0 aromatic carbocycles. The smallest absolute Gasteiger partial charge is 0.413 e. The molecular formula is C24H30BrN7O6. The molecule has 13 nitrogen and oxygen atoms in total. The van der Waals surface area contributed by atoms with Gasteiger partial charge in [0.15, 0.2) is 10.1 Å². The van der Waals surface area contributed by atoms with Crippen LogP contribution in [0.3, 0.4) is 0 Å². The molecule has 1 aliphatic heterocycles. The van der Waals surface area contributed by atoms with Gasteiger partial charge in [-0.25, -0.2) is 14.6 Å². The van der Waals surface area contributed by atoms with E-state index in [-0.39, 0.29) is 35.9 Å². The summed E-state index contributed by atoms with van der Waals surface area (Å²) in [5, 5.41) is 17.3. The minimum atomic E-state index is -0.767. The maximum Gasteiger partial charge on any atom is 0.413 e. The molecule has 0 saturated carbocycles. The zero-order valence-electron chi connectivity index (χ0n) is 21.8. The Morgan fingerprint density at radius 1 is 1.21 bits per heavy atom. The number of fused-ring (bicyclic) bond motifs is 1. The number of amides is 2. The van der Waals surface area contributed by atoms with Crippen LogP contribution in [-0.4, -0.2) is 79.8 Å². The number of hydrogen-bond acceptors (Lipinski definition) is 10. The van der Waals surface area contributed by atoms with Gasteiger partial charge in [-0.1, -0.05) is 0 Å². The Labute approximate surface area is 227 Å². The topological polar surface area (TPSA) is 154 Å². The van der Waals surface area contributed by atoms with Crippen molar-refractivity contribution < 1.29 is 28.9 Å². The summed E-state index contributed by atoms with van der Waals surface area (Å²) < 4.78 is 17.5. The number of methoxy groups -OCH3 is 2. The average Bonchev–Trinajstić information content (AvgIpc) is 3.18. The van der Waals surface area contributed by atoms with Gasteiger partial charge >= 0.3 is 12.2 Å². The van der Waals surface area contributed by atoms with Gasteiger partial charge in [-0.15, -0.1) is 0 Å². The van der Waals surface area contributed by atoms with Crippen molar-refractivity contribution in [1.29, 1.82) is 0 Å². The molecule has 0 radical (unpaired) electrons. The largest absolute Gasteiger partial charge is 0.495 e. The number of aromatic hydroxyl groups is 1. The number of likely N-dealkylation sites (tertiary alicyclic amines) is 1. The van der Waals surface area contributed by atoms with Crippen molar-refractivity contribution in [1.82, 2.24) is 29.6 Å². The van der Waals surface area contributed by atoms with Crippen LogP contribution >= 0.6 is 15.9 Å². The summed E-state index contributed by atoms with van der Waals surface area (Å²) in [6.07, 6.45) is 2.32. The van der Waals surface area contributed by atoms with Crippen LogP contribution in [0.1, 0.15) is 50.8 Å². The molecule has 2 amide bonds. The van der Waals surface area contributed by atoms with E-state index in [1.165, 1.54) is 11.8 Å². The first-order chi connectivity index (χ1) is 18.0. The third kappa shape index (κ3) is 6.06. The maximum absolute atomic E-state index is 12.4. The molecule has 14 heteroatoms. The first-order valence-corrected chi connectivity index (χ1v) is 12.8. The molecule has 4 rings (SSSR count). The van der Waals surface area contributed by atoms with Crippen LogP contribution in [-0.2, 0) is 16.0 Å². The number of nitrogens with one attached hydrogen (secondary N) is 1. The number of anilines is 1. The third-order valence-electron chi connectivity index (χ3n) is 6.02. The molecule has 0 bridgehead atoms. The predicted octanol–water partition coefficient (Wildman–Crippen LogP) is 4.04. The van der Waals surface area contributed by atoms with E-state index in [0.29, 0.717) is 34.7 Å². The van der Waals surface area contributed by atoms with E-state index >= 15 is 0 Å². The van der Waals surface area contributed by atoms with Crippen LogP contribution in [0, 0.1) is 0 Å². The van der Waals surface area contributed by atoms with E-state index < -0.39 is 11.7 Å². The van der Waals surface area contributed by atoms with Crippen molar-refractivity contribution in [2.75, 3.05) is 32.6 Å².